The Hall–Kier alpha value is -4.08. The zero-order chi connectivity index (χ0) is 22.1. The van der Waals surface area contributed by atoms with Crippen molar-refractivity contribution < 1.29 is 28.4 Å². The second-order valence-corrected chi connectivity index (χ2v) is 6.06. The number of carbonyl (C=O) groups is 3. The number of nitro benzene ring substituents is 1. The fraction of sp³-hybridized carbons (Fsp3) is 0.150. The van der Waals surface area contributed by atoms with Crippen LogP contribution in [0.15, 0.2) is 54.6 Å². The van der Waals surface area contributed by atoms with Crippen LogP contribution in [0, 0.1) is 15.9 Å². The van der Waals surface area contributed by atoms with Crippen LogP contribution in [-0.4, -0.2) is 47.8 Å². The van der Waals surface area contributed by atoms with E-state index < -0.39 is 35.1 Å². The zero-order valence-corrected chi connectivity index (χ0v) is 15.9. The minimum atomic E-state index is -0.870. The summed E-state index contributed by atoms with van der Waals surface area (Å²) in [6.45, 7) is -0.916. The fourth-order valence-corrected chi connectivity index (χ4v) is 2.28. The SMILES string of the molecule is CN(CC(=O)Nc1ccc(F)cc1)C(=O)COC(=O)/C=C/c1ccccc1[N+](=O)[O-]. The van der Waals surface area contributed by atoms with Gasteiger partial charge >= 0.3 is 5.97 Å². The van der Waals surface area contributed by atoms with Crippen molar-refractivity contribution in [1.82, 2.24) is 4.90 Å². The number of halogens is 1. The van der Waals surface area contributed by atoms with Crippen molar-refractivity contribution in [3.05, 3.63) is 76.1 Å². The number of anilines is 1. The second kappa shape index (κ2) is 10.5. The summed E-state index contributed by atoms with van der Waals surface area (Å²) >= 11 is 0. The third-order valence-corrected chi connectivity index (χ3v) is 3.80. The highest BCUT2D eigenvalue weighted by Gasteiger charge is 2.15. The normalized spacial score (nSPS) is 10.5. The second-order valence-electron chi connectivity index (χ2n) is 6.06. The molecule has 0 fully saturated rings. The van der Waals surface area contributed by atoms with Gasteiger partial charge in [-0.15, -0.1) is 0 Å². The summed E-state index contributed by atoms with van der Waals surface area (Å²) in [6.07, 6.45) is 2.18. The molecule has 0 atom stereocenters. The Bertz CT molecular complexity index is 975. The first-order chi connectivity index (χ1) is 14.3. The Morgan fingerprint density at radius 2 is 1.83 bits per heavy atom. The zero-order valence-electron chi connectivity index (χ0n) is 15.9. The molecule has 10 heteroatoms. The van der Waals surface area contributed by atoms with Gasteiger partial charge in [0.05, 0.1) is 17.0 Å². The number of ether oxygens (including phenoxy) is 1. The fourth-order valence-electron chi connectivity index (χ4n) is 2.28. The first-order valence-electron chi connectivity index (χ1n) is 8.64. The molecule has 0 bridgehead atoms. The maximum absolute atomic E-state index is 12.9. The molecule has 9 nitrogen and oxygen atoms in total. The Balaban J connectivity index is 1.81. The molecule has 2 aromatic carbocycles. The van der Waals surface area contributed by atoms with Crippen LogP contribution >= 0.6 is 0 Å². The molecule has 2 aromatic rings. The Kier molecular flexibility index (Phi) is 7.74. The van der Waals surface area contributed by atoms with E-state index in [9.17, 15) is 28.9 Å². The van der Waals surface area contributed by atoms with Gasteiger partial charge in [0, 0.05) is 24.9 Å². The van der Waals surface area contributed by atoms with Gasteiger partial charge in [0.2, 0.25) is 5.91 Å². The number of rotatable bonds is 8. The molecule has 1 N–H and O–H groups in total. The first-order valence-corrected chi connectivity index (χ1v) is 8.64. The van der Waals surface area contributed by atoms with Crippen molar-refractivity contribution >= 4 is 35.2 Å². The average Bonchev–Trinajstić information content (AvgIpc) is 2.72. The van der Waals surface area contributed by atoms with E-state index in [4.69, 9.17) is 4.74 Å². The maximum Gasteiger partial charge on any atom is 0.331 e. The highest BCUT2D eigenvalue weighted by atomic mass is 19.1. The van der Waals surface area contributed by atoms with Gasteiger partial charge in [-0.2, -0.15) is 0 Å². The van der Waals surface area contributed by atoms with Gasteiger partial charge in [0.25, 0.3) is 11.6 Å². The number of hydrogen-bond donors (Lipinski definition) is 1. The third-order valence-electron chi connectivity index (χ3n) is 3.80. The van der Waals surface area contributed by atoms with Gasteiger partial charge < -0.3 is 15.0 Å². The molecular weight excluding hydrogens is 397 g/mol. The topological polar surface area (TPSA) is 119 Å². The summed E-state index contributed by atoms with van der Waals surface area (Å²) in [5, 5.41) is 13.4. The van der Waals surface area contributed by atoms with Gasteiger partial charge in [-0.05, 0) is 36.4 Å². The molecular formula is C20H18FN3O6. The van der Waals surface area contributed by atoms with Crippen LogP contribution in [0.25, 0.3) is 6.08 Å². The molecule has 0 aliphatic carbocycles. The first kappa shape index (κ1) is 22.2. The van der Waals surface area contributed by atoms with Crippen LogP contribution in [-0.2, 0) is 19.1 Å². The summed E-state index contributed by atoms with van der Waals surface area (Å²) in [6, 6.07) is 10.9. The average molecular weight is 415 g/mol. The highest BCUT2D eigenvalue weighted by molar-refractivity contribution is 5.95. The molecule has 0 saturated carbocycles. The molecule has 0 saturated heterocycles. The smallest absolute Gasteiger partial charge is 0.331 e. The van der Waals surface area contributed by atoms with Crippen molar-refractivity contribution in [2.24, 2.45) is 0 Å². The van der Waals surface area contributed by atoms with Crippen molar-refractivity contribution in [2.45, 2.75) is 0 Å². The van der Waals surface area contributed by atoms with E-state index in [2.05, 4.69) is 5.32 Å². The molecule has 0 aliphatic heterocycles. The number of carbonyl (C=O) groups excluding carboxylic acids is 3. The number of likely N-dealkylation sites (N-methyl/N-ethyl adjacent to an activating group) is 1. The number of amides is 2. The lowest BCUT2D eigenvalue weighted by Crippen LogP contribution is -2.37. The lowest BCUT2D eigenvalue weighted by molar-refractivity contribution is -0.385. The molecule has 0 radical (unpaired) electrons. The molecule has 2 rings (SSSR count). The molecule has 0 aliphatic rings. The van der Waals surface area contributed by atoms with E-state index in [0.717, 1.165) is 11.0 Å². The quantitative estimate of drug-likeness (QED) is 0.306. The molecule has 0 unspecified atom stereocenters. The van der Waals surface area contributed by atoms with Crippen LogP contribution in [0.1, 0.15) is 5.56 Å². The third kappa shape index (κ3) is 6.82. The molecule has 0 spiro atoms. The minimum absolute atomic E-state index is 0.176. The van der Waals surface area contributed by atoms with Crippen molar-refractivity contribution in [2.75, 3.05) is 25.5 Å². The molecule has 0 aromatic heterocycles. The minimum Gasteiger partial charge on any atom is -0.452 e. The van der Waals surface area contributed by atoms with E-state index in [1.54, 1.807) is 6.07 Å². The predicted octanol–water partition coefficient (Wildman–Crippen LogP) is 2.39. The standard InChI is InChI=1S/C20H18FN3O6/c1-23(12-18(25)22-16-9-7-15(21)8-10-16)19(26)13-30-20(27)11-6-14-4-2-3-5-17(14)24(28)29/h2-11H,12-13H2,1H3,(H,22,25)/b11-6+. The molecule has 30 heavy (non-hydrogen) atoms. The Morgan fingerprint density at radius 3 is 2.50 bits per heavy atom. The lowest BCUT2D eigenvalue weighted by atomic mass is 10.1. The van der Waals surface area contributed by atoms with Gasteiger partial charge in [0.1, 0.15) is 5.82 Å². The monoisotopic (exact) mass is 415 g/mol. The van der Waals surface area contributed by atoms with Gasteiger partial charge in [0.15, 0.2) is 6.61 Å². The number of hydrogen-bond acceptors (Lipinski definition) is 6. The lowest BCUT2D eigenvalue weighted by Gasteiger charge is -2.16. The van der Waals surface area contributed by atoms with E-state index >= 15 is 0 Å². The maximum atomic E-state index is 12.9. The number of nitrogens with zero attached hydrogens (tertiary/aromatic N) is 2. The summed E-state index contributed by atoms with van der Waals surface area (Å²) in [7, 11) is 1.35. The summed E-state index contributed by atoms with van der Waals surface area (Å²) < 4.78 is 17.7. The van der Waals surface area contributed by atoms with Crippen molar-refractivity contribution in [3.8, 4) is 0 Å². The van der Waals surface area contributed by atoms with Crippen LogP contribution in [0.3, 0.4) is 0 Å². The highest BCUT2D eigenvalue weighted by Crippen LogP contribution is 2.18. The Morgan fingerprint density at radius 1 is 1.17 bits per heavy atom. The number of nitro groups is 1. The Labute approximate surface area is 170 Å². The van der Waals surface area contributed by atoms with E-state index in [-0.39, 0.29) is 17.8 Å². The van der Waals surface area contributed by atoms with E-state index in [1.165, 1.54) is 55.6 Å². The molecule has 0 heterocycles. The summed E-state index contributed by atoms with van der Waals surface area (Å²) in [4.78, 5) is 47.1. The van der Waals surface area contributed by atoms with Crippen molar-refractivity contribution in [1.29, 1.82) is 0 Å². The molecule has 2 amide bonds. The predicted molar refractivity (Wildman–Crippen MR) is 106 cm³/mol. The van der Waals surface area contributed by atoms with E-state index in [0.29, 0.717) is 5.69 Å². The van der Waals surface area contributed by atoms with Crippen LogP contribution in [0.4, 0.5) is 15.8 Å². The summed E-state index contributed by atoms with van der Waals surface area (Å²) in [5.74, 6) is -2.46. The van der Waals surface area contributed by atoms with Gasteiger partial charge in [-0.3, -0.25) is 19.7 Å². The van der Waals surface area contributed by atoms with Gasteiger partial charge in [-0.1, -0.05) is 12.1 Å². The number of para-hydroxylation sites is 1. The van der Waals surface area contributed by atoms with Crippen LogP contribution in [0.2, 0.25) is 0 Å². The van der Waals surface area contributed by atoms with Crippen molar-refractivity contribution in [3.63, 3.8) is 0 Å². The van der Waals surface area contributed by atoms with Crippen LogP contribution < -0.4 is 5.32 Å². The number of nitrogens with one attached hydrogen (secondary N) is 1. The number of esters is 1. The molecule has 156 valence electrons. The van der Waals surface area contributed by atoms with Gasteiger partial charge in [-0.25, -0.2) is 9.18 Å². The largest absolute Gasteiger partial charge is 0.452 e. The van der Waals surface area contributed by atoms with Crippen LogP contribution in [0.5, 0.6) is 0 Å². The number of benzene rings is 2. The van der Waals surface area contributed by atoms with E-state index in [1.807, 2.05) is 0 Å². The summed E-state index contributed by atoms with van der Waals surface area (Å²) in [5.41, 5.74) is 0.402.